The summed E-state index contributed by atoms with van der Waals surface area (Å²) in [5, 5.41) is 4.29. The van der Waals surface area contributed by atoms with Crippen LogP contribution in [0.3, 0.4) is 0 Å². The van der Waals surface area contributed by atoms with Gasteiger partial charge in [0.2, 0.25) is 5.88 Å². The summed E-state index contributed by atoms with van der Waals surface area (Å²) in [7, 11) is 0. The predicted octanol–water partition coefficient (Wildman–Crippen LogP) is 0.138. The van der Waals surface area contributed by atoms with Crippen LogP contribution in [-0.2, 0) is 11.3 Å². The normalized spacial score (nSPS) is 19.6. The van der Waals surface area contributed by atoms with Crippen molar-refractivity contribution in [3.05, 3.63) is 11.8 Å². The molecule has 1 fully saturated rings. The molecule has 17 heavy (non-hydrogen) atoms. The number of aryl methyl sites for hydroxylation is 1. The molecule has 6 nitrogen and oxygen atoms in total. The number of nitrogens with zero attached hydrogens (tertiary/aromatic N) is 3. The summed E-state index contributed by atoms with van der Waals surface area (Å²) in [6, 6.07) is 1.73. The maximum Gasteiger partial charge on any atom is 0.274 e. The second kappa shape index (κ2) is 4.37. The van der Waals surface area contributed by atoms with Gasteiger partial charge in [-0.3, -0.25) is 4.79 Å². The van der Waals surface area contributed by atoms with Gasteiger partial charge in [0.1, 0.15) is 0 Å². The molecule has 0 aliphatic carbocycles. The van der Waals surface area contributed by atoms with Gasteiger partial charge >= 0.3 is 0 Å². The molecule has 1 aromatic rings. The molecule has 0 radical (unpaired) electrons. The molecule has 3 heterocycles. The van der Waals surface area contributed by atoms with E-state index in [2.05, 4.69) is 5.10 Å². The van der Waals surface area contributed by atoms with Crippen LogP contribution in [-0.4, -0.2) is 53.5 Å². The first kappa shape index (κ1) is 10.6. The summed E-state index contributed by atoms with van der Waals surface area (Å²) in [5.41, 5.74) is 0.476. The molecular weight excluding hydrogens is 222 g/mol. The number of hydrogen-bond acceptors (Lipinski definition) is 4. The Labute approximate surface area is 99.1 Å². The fourth-order valence-electron chi connectivity index (χ4n) is 2.10. The van der Waals surface area contributed by atoms with Crippen LogP contribution in [0.5, 0.6) is 5.88 Å². The Morgan fingerprint density at radius 3 is 2.82 bits per heavy atom. The van der Waals surface area contributed by atoms with Crippen LogP contribution in [0, 0.1) is 0 Å². The Bertz CT molecular complexity index is 400. The Hall–Kier alpha value is -1.56. The van der Waals surface area contributed by atoms with Gasteiger partial charge in [0.05, 0.1) is 19.8 Å². The van der Waals surface area contributed by atoms with Crippen molar-refractivity contribution in [3.8, 4) is 5.88 Å². The number of carbonyl (C=O) groups excluding carboxylic acids is 1. The molecule has 0 aromatic carbocycles. The van der Waals surface area contributed by atoms with E-state index >= 15 is 0 Å². The van der Waals surface area contributed by atoms with E-state index in [-0.39, 0.29) is 5.91 Å². The summed E-state index contributed by atoms with van der Waals surface area (Å²) in [5.74, 6) is 0.673. The number of morpholine rings is 1. The number of amides is 1. The van der Waals surface area contributed by atoms with Gasteiger partial charge in [0.15, 0.2) is 5.69 Å². The van der Waals surface area contributed by atoms with Crippen molar-refractivity contribution in [1.82, 2.24) is 14.7 Å². The Morgan fingerprint density at radius 1 is 1.24 bits per heavy atom. The number of hydrogen-bond donors (Lipinski definition) is 0. The minimum atomic E-state index is -0.0289. The monoisotopic (exact) mass is 237 g/mol. The van der Waals surface area contributed by atoms with Gasteiger partial charge in [-0.2, -0.15) is 5.10 Å². The van der Waals surface area contributed by atoms with Crippen molar-refractivity contribution in [2.24, 2.45) is 0 Å². The van der Waals surface area contributed by atoms with Gasteiger partial charge in [-0.1, -0.05) is 0 Å². The molecule has 6 heteroatoms. The molecule has 0 N–H and O–H groups in total. The van der Waals surface area contributed by atoms with Crippen molar-refractivity contribution < 1.29 is 14.3 Å². The summed E-state index contributed by atoms with van der Waals surface area (Å²) in [6.07, 6.45) is 0.944. The van der Waals surface area contributed by atoms with Crippen molar-refractivity contribution >= 4 is 5.91 Å². The van der Waals surface area contributed by atoms with Crippen LogP contribution in [0.15, 0.2) is 6.07 Å². The van der Waals surface area contributed by atoms with Gasteiger partial charge in [-0.05, 0) is 0 Å². The van der Waals surface area contributed by atoms with Crippen molar-refractivity contribution in [2.75, 3.05) is 32.9 Å². The Balaban J connectivity index is 1.78. The van der Waals surface area contributed by atoms with Crippen LogP contribution >= 0.6 is 0 Å². The highest BCUT2D eigenvalue weighted by atomic mass is 16.5. The number of rotatable bonds is 1. The number of aromatic nitrogens is 2. The molecule has 3 rings (SSSR count). The molecule has 0 unspecified atom stereocenters. The van der Waals surface area contributed by atoms with Crippen LogP contribution in [0.1, 0.15) is 16.9 Å². The van der Waals surface area contributed by atoms with Crippen LogP contribution < -0.4 is 4.74 Å². The molecular formula is C11H15N3O3. The quantitative estimate of drug-likeness (QED) is 0.697. The van der Waals surface area contributed by atoms with Crippen LogP contribution in [0.4, 0.5) is 0 Å². The minimum absolute atomic E-state index is 0.0289. The third-order valence-corrected chi connectivity index (χ3v) is 3.02. The fourth-order valence-corrected chi connectivity index (χ4v) is 2.10. The highest BCUT2D eigenvalue weighted by molar-refractivity contribution is 5.92. The Kier molecular flexibility index (Phi) is 2.72. The molecule has 2 aliphatic rings. The number of fused-ring (bicyclic) bond motifs is 1. The van der Waals surface area contributed by atoms with E-state index in [9.17, 15) is 4.79 Å². The zero-order valence-electron chi connectivity index (χ0n) is 9.59. The molecule has 0 bridgehead atoms. The SMILES string of the molecule is O=C(c1cc2n(n1)CCCO2)N1CCOCC1. The molecule has 0 atom stereocenters. The summed E-state index contributed by atoms with van der Waals surface area (Å²) in [6.45, 7) is 4.03. The van der Waals surface area contributed by atoms with E-state index in [1.165, 1.54) is 0 Å². The summed E-state index contributed by atoms with van der Waals surface area (Å²) >= 11 is 0. The molecule has 1 aromatic heterocycles. The zero-order valence-corrected chi connectivity index (χ0v) is 9.59. The van der Waals surface area contributed by atoms with Crippen molar-refractivity contribution in [1.29, 1.82) is 0 Å². The van der Waals surface area contributed by atoms with E-state index in [1.807, 2.05) is 0 Å². The maximum atomic E-state index is 12.2. The van der Waals surface area contributed by atoms with Gasteiger partial charge in [0, 0.05) is 32.1 Å². The molecule has 0 saturated carbocycles. The van der Waals surface area contributed by atoms with Gasteiger partial charge < -0.3 is 14.4 Å². The standard InChI is InChI=1S/C11H15N3O3/c15-11(13-3-6-16-7-4-13)9-8-10-14(12-9)2-1-5-17-10/h8H,1-7H2. The van der Waals surface area contributed by atoms with E-state index in [4.69, 9.17) is 9.47 Å². The largest absolute Gasteiger partial charge is 0.478 e. The molecule has 92 valence electrons. The smallest absolute Gasteiger partial charge is 0.274 e. The first-order chi connectivity index (χ1) is 8.34. The third-order valence-electron chi connectivity index (χ3n) is 3.02. The predicted molar refractivity (Wildman–Crippen MR) is 59.1 cm³/mol. The first-order valence-electron chi connectivity index (χ1n) is 5.92. The van der Waals surface area contributed by atoms with E-state index < -0.39 is 0 Å². The third kappa shape index (κ3) is 2.00. The fraction of sp³-hybridized carbons (Fsp3) is 0.636. The second-order valence-corrected chi connectivity index (χ2v) is 4.20. The van der Waals surface area contributed by atoms with Crippen molar-refractivity contribution in [3.63, 3.8) is 0 Å². The summed E-state index contributed by atoms with van der Waals surface area (Å²) < 4.78 is 12.4. The lowest BCUT2D eigenvalue weighted by molar-refractivity contribution is 0.0298. The van der Waals surface area contributed by atoms with E-state index in [0.717, 1.165) is 13.0 Å². The average Bonchev–Trinajstić information content (AvgIpc) is 2.82. The van der Waals surface area contributed by atoms with Crippen LogP contribution in [0.2, 0.25) is 0 Å². The first-order valence-corrected chi connectivity index (χ1v) is 5.92. The number of ether oxygens (including phenoxy) is 2. The molecule has 2 aliphatic heterocycles. The lowest BCUT2D eigenvalue weighted by Crippen LogP contribution is -2.40. The van der Waals surface area contributed by atoms with Crippen LogP contribution in [0.25, 0.3) is 0 Å². The second-order valence-electron chi connectivity index (χ2n) is 4.20. The van der Waals surface area contributed by atoms with Gasteiger partial charge in [-0.25, -0.2) is 4.68 Å². The lowest BCUT2D eigenvalue weighted by Gasteiger charge is -2.25. The highest BCUT2D eigenvalue weighted by Gasteiger charge is 2.23. The maximum absolute atomic E-state index is 12.2. The minimum Gasteiger partial charge on any atom is -0.478 e. The molecule has 1 amide bonds. The van der Waals surface area contributed by atoms with E-state index in [1.54, 1.807) is 15.6 Å². The van der Waals surface area contributed by atoms with E-state index in [0.29, 0.717) is 44.5 Å². The van der Waals surface area contributed by atoms with Gasteiger partial charge in [0.25, 0.3) is 5.91 Å². The van der Waals surface area contributed by atoms with Crippen molar-refractivity contribution in [2.45, 2.75) is 13.0 Å². The van der Waals surface area contributed by atoms with Gasteiger partial charge in [-0.15, -0.1) is 0 Å². The highest BCUT2D eigenvalue weighted by Crippen LogP contribution is 2.19. The number of carbonyl (C=O) groups is 1. The lowest BCUT2D eigenvalue weighted by atomic mass is 10.3. The average molecular weight is 237 g/mol. The molecule has 0 spiro atoms. The zero-order chi connectivity index (χ0) is 11.7. The molecule has 1 saturated heterocycles. The summed E-state index contributed by atoms with van der Waals surface area (Å²) in [4.78, 5) is 13.9. The topological polar surface area (TPSA) is 56.6 Å². The Morgan fingerprint density at radius 2 is 2.06 bits per heavy atom.